The Kier molecular flexibility index (Phi) is 2.65. The number of rotatable bonds is 1. The fourth-order valence-corrected chi connectivity index (χ4v) is 2.45. The molecule has 0 spiro atoms. The van der Waals surface area contributed by atoms with Crippen LogP contribution in [0.15, 0.2) is 4.21 Å². The molecule has 0 aliphatic carbocycles. The van der Waals surface area contributed by atoms with Gasteiger partial charge in [-0.2, -0.15) is 0 Å². The van der Waals surface area contributed by atoms with Crippen molar-refractivity contribution in [2.45, 2.75) is 4.21 Å². The highest BCUT2D eigenvalue weighted by atomic mass is 35.5. The summed E-state index contributed by atoms with van der Waals surface area (Å²) in [6.07, 6.45) is 0. The summed E-state index contributed by atoms with van der Waals surface area (Å²) in [5, 5.41) is -0.00386. The van der Waals surface area contributed by atoms with Crippen LogP contribution in [0.5, 0.6) is 0 Å². The number of hydrogen-bond donors (Lipinski definition) is 1. The Bertz CT molecular complexity index is 273. The molecule has 1 rings (SSSR count). The van der Waals surface area contributed by atoms with Gasteiger partial charge in [-0.1, -0.05) is 34.5 Å². The van der Waals surface area contributed by atoms with Crippen LogP contribution in [0.3, 0.4) is 0 Å². The van der Waals surface area contributed by atoms with E-state index in [-0.39, 0.29) is 13.8 Å². The van der Waals surface area contributed by atoms with Crippen LogP contribution >= 0.6 is 34.5 Å². The molecule has 0 amide bonds. The maximum Gasteiger partial charge on any atom is 0.200 e. The summed E-state index contributed by atoms with van der Waals surface area (Å²) in [6.45, 7) is 0. The second-order valence-corrected chi connectivity index (χ2v) is 4.40. The van der Waals surface area contributed by atoms with Crippen molar-refractivity contribution in [3.63, 3.8) is 0 Å². The van der Waals surface area contributed by atoms with Gasteiger partial charge in [0, 0.05) is 0 Å². The highest BCUT2D eigenvalue weighted by Gasteiger charge is 2.11. The lowest BCUT2D eigenvalue weighted by molar-refractivity contribution is 0.566. The van der Waals surface area contributed by atoms with E-state index in [1.807, 2.05) is 0 Å². The third kappa shape index (κ3) is 1.67. The zero-order chi connectivity index (χ0) is 7.72. The number of hydrogen-bond acceptors (Lipinski definition) is 3. The standard InChI is InChI=1S/C3HCl2NO2S2/c4-1-2(10(7)8)9-3(5)6-1/h(H,7,8). The number of nitrogens with zero attached hydrogens (tertiary/aromatic N) is 1. The summed E-state index contributed by atoms with van der Waals surface area (Å²) >= 11 is 9.60. The molecule has 1 atom stereocenters. The zero-order valence-electron chi connectivity index (χ0n) is 4.38. The van der Waals surface area contributed by atoms with E-state index < -0.39 is 11.1 Å². The van der Waals surface area contributed by atoms with Crippen LogP contribution in [0.25, 0.3) is 0 Å². The van der Waals surface area contributed by atoms with Gasteiger partial charge in [-0.3, -0.25) is 0 Å². The molecule has 7 heteroatoms. The molecule has 0 aliphatic rings. The van der Waals surface area contributed by atoms with E-state index in [9.17, 15) is 4.21 Å². The van der Waals surface area contributed by atoms with E-state index in [1.54, 1.807) is 0 Å². The molecule has 0 bridgehead atoms. The lowest BCUT2D eigenvalue weighted by atomic mass is 11.0. The Balaban J connectivity index is 3.15. The summed E-state index contributed by atoms with van der Waals surface area (Å²) < 4.78 is 19.1. The fraction of sp³-hybridized carbons (Fsp3) is 0. The first-order valence-electron chi connectivity index (χ1n) is 2.04. The summed E-state index contributed by atoms with van der Waals surface area (Å²) in [5.74, 6) is 0. The monoisotopic (exact) mass is 217 g/mol. The van der Waals surface area contributed by atoms with E-state index in [0.29, 0.717) is 0 Å². The SMILES string of the molecule is O=S(O)c1sc(Cl)nc1Cl. The molecule has 1 unspecified atom stereocenters. The first-order chi connectivity index (χ1) is 4.61. The van der Waals surface area contributed by atoms with Gasteiger partial charge < -0.3 is 4.55 Å². The van der Waals surface area contributed by atoms with Crippen LogP contribution in [-0.2, 0) is 11.1 Å². The minimum atomic E-state index is -2.08. The topological polar surface area (TPSA) is 50.2 Å². The van der Waals surface area contributed by atoms with Crippen LogP contribution in [0.2, 0.25) is 9.62 Å². The van der Waals surface area contributed by atoms with Crippen molar-refractivity contribution in [1.82, 2.24) is 4.98 Å². The van der Waals surface area contributed by atoms with Crippen molar-refractivity contribution in [2.75, 3.05) is 0 Å². The van der Waals surface area contributed by atoms with E-state index >= 15 is 0 Å². The van der Waals surface area contributed by atoms with Crippen molar-refractivity contribution in [3.8, 4) is 0 Å². The Morgan fingerprint density at radius 1 is 1.60 bits per heavy atom. The summed E-state index contributed by atoms with van der Waals surface area (Å²) in [6, 6.07) is 0. The molecule has 0 aliphatic heterocycles. The fourth-order valence-electron chi connectivity index (χ4n) is 0.372. The quantitative estimate of drug-likeness (QED) is 0.733. The molecule has 0 saturated heterocycles. The van der Waals surface area contributed by atoms with Gasteiger partial charge in [-0.25, -0.2) is 9.19 Å². The van der Waals surface area contributed by atoms with Crippen LogP contribution in [-0.4, -0.2) is 13.7 Å². The summed E-state index contributed by atoms with van der Waals surface area (Å²) in [5.41, 5.74) is 0. The Labute approximate surface area is 73.3 Å². The zero-order valence-corrected chi connectivity index (χ0v) is 7.52. The molecule has 1 N–H and O–H groups in total. The van der Waals surface area contributed by atoms with Gasteiger partial charge >= 0.3 is 0 Å². The molecule has 0 saturated carbocycles. The van der Waals surface area contributed by atoms with E-state index in [4.69, 9.17) is 27.8 Å². The maximum atomic E-state index is 10.4. The molecule has 1 aromatic heterocycles. The predicted octanol–water partition coefficient (Wildman–Crippen LogP) is 2.03. The second-order valence-electron chi connectivity index (χ2n) is 1.29. The molecule has 1 aromatic rings. The normalized spacial score (nSPS) is 13.5. The molecule has 3 nitrogen and oxygen atoms in total. The van der Waals surface area contributed by atoms with Gasteiger partial charge in [-0.05, 0) is 0 Å². The smallest absolute Gasteiger partial charge is 0.200 e. The minimum Gasteiger partial charge on any atom is -0.302 e. The Morgan fingerprint density at radius 2 is 2.20 bits per heavy atom. The molecular formula is C3HCl2NO2S2. The van der Waals surface area contributed by atoms with E-state index in [2.05, 4.69) is 4.98 Å². The van der Waals surface area contributed by atoms with Crippen LogP contribution in [0.4, 0.5) is 0 Å². The molecule has 0 aromatic carbocycles. The lowest BCUT2D eigenvalue weighted by Crippen LogP contribution is -1.82. The van der Waals surface area contributed by atoms with E-state index in [1.165, 1.54) is 0 Å². The Hall–Kier alpha value is 0.320. The van der Waals surface area contributed by atoms with Crippen LogP contribution in [0, 0.1) is 0 Å². The average Bonchev–Trinajstić information content (AvgIpc) is 2.10. The predicted molar refractivity (Wildman–Crippen MR) is 41.2 cm³/mol. The molecular weight excluding hydrogens is 217 g/mol. The van der Waals surface area contributed by atoms with Gasteiger partial charge in [0.2, 0.25) is 0 Å². The summed E-state index contributed by atoms with van der Waals surface area (Å²) in [4.78, 5) is 3.53. The van der Waals surface area contributed by atoms with Gasteiger partial charge in [-0.15, -0.1) is 0 Å². The number of thiazole rings is 1. The third-order valence-electron chi connectivity index (χ3n) is 0.690. The first-order valence-corrected chi connectivity index (χ1v) is 4.72. The van der Waals surface area contributed by atoms with Gasteiger partial charge in [0.1, 0.15) is 0 Å². The molecule has 10 heavy (non-hydrogen) atoms. The third-order valence-corrected chi connectivity index (χ3v) is 3.33. The van der Waals surface area contributed by atoms with Crippen molar-refractivity contribution in [1.29, 1.82) is 0 Å². The number of halogens is 2. The van der Waals surface area contributed by atoms with Crippen LogP contribution in [0.1, 0.15) is 0 Å². The summed E-state index contributed by atoms with van der Waals surface area (Å²) in [7, 11) is 0. The molecule has 56 valence electrons. The number of aromatic nitrogens is 1. The van der Waals surface area contributed by atoms with Gasteiger partial charge in [0.15, 0.2) is 24.9 Å². The molecule has 1 heterocycles. The average molecular weight is 218 g/mol. The largest absolute Gasteiger partial charge is 0.302 e. The van der Waals surface area contributed by atoms with Crippen molar-refractivity contribution >= 4 is 45.6 Å². The second kappa shape index (κ2) is 3.15. The van der Waals surface area contributed by atoms with Crippen molar-refractivity contribution < 1.29 is 8.76 Å². The van der Waals surface area contributed by atoms with E-state index in [0.717, 1.165) is 11.3 Å². The Morgan fingerprint density at radius 3 is 2.40 bits per heavy atom. The maximum absolute atomic E-state index is 10.4. The van der Waals surface area contributed by atoms with Crippen molar-refractivity contribution in [2.24, 2.45) is 0 Å². The van der Waals surface area contributed by atoms with Crippen LogP contribution < -0.4 is 0 Å². The highest BCUT2D eigenvalue weighted by molar-refractivity contribution is 7.82. The minimum absolute atomic E-state index is 0.00386. The lowest BCUT2D eigenvalue weighted by Gasteiger charge is -1.83. The molecule has 0 radical (unpaired) electrons. The van der Waals surface area contributed by atoms with Crippen molar-refractivity contribution in [3.05, 3.63) is 9.62 Å². The molecule has 0 fully saturated rings. The first kappa shape index (κ1) is 8.42. The van der Waals surface area contributed by atoms with Gasteiger partial charge in [0.25, 0.3) is 0 Å². The van der Waals surface area contributed by atoms with Gasteiger partial charge in [0.05, 0.1) is 0 Å². The highest BCUT2D eigenvalue weighted by Crippen LogP contribution is 2.28.